The molecule has 1 aliphatic carbocycles. The highest BCUT2D eigenvalue weighted by molar-refractivity contribution is 5.66. The number of hydrogen-bond acceptors (Lipinski definition) is 4. The molecule has 1 fully saturated rings. The molecule has 0 spiro atoms. The Hall–Kier alpha value is -2.29. The third kappa shape index (κ3) is 4.83. The van der Waals surface area contributed by atoms with E-state index in [1.807, 2.05) is 31.2 Å². The molecule has 3 N–H and O–H groups in total. The Kier molecular flexibility index (Phi) is 7.00. The second kappa shape index (κ2) is 9.47. The number of aliphatic carboxylic acids is 1. The zero-order chi connectivity index (χ0) is 21.0. The summed E-state index contributed by atoms with van der Waals surface area (Å²) in [5, 5.41) is 29.9. The average Bonchev–Trinajstić information content (AvgIpc) is 3.19. The number of carboxylic acids is 1. The minimum Gasteiger partial charge on any atom is -0.489 e. The zero-order valence-electron chi connectivity index (χ0n) is 17.0. The van der Waals surface area contributed by atoms with Crippen molar-refractivity contribution in [3.8, 4) is 17.6 Å². The van der Waals surface area contributed by atoms with E-state index in [9.17, 15) is 15.0 Å². The lowest BCUT2D eigenvalue weighted by atomic mass is 9.86. The van der Waals surface area contributed by atoms with Crippen molar-refractivity contribution in [2.45, 2.75) is 70.2 Å². The van der Waals surface area contributed by atoms with Gasteiger partial charge in [-0.2, -0.15) is 0 Å². The molecule has 1 aromatic carbocycles. The van der Waals surface area contributed by atoms with Crippen LogP contribution in [0.1, 0.15) is 56.6 Å². The number of aryl methyl sites for hydroxylation is 1. The topological polar surface area (TPSA) is 87.0 Å². The third-order valence-electron chi connectivity index (χ3n) is 6.04. The highest BCUT2D eigenvalue weighted by Crippen LogP contribution is 2.52. The summed E-state index contributed by atoms with van der Waals surface area (Å²) in [5.41, 5.74) is 2.11. The highest BCUT2D eigenvalue weighted by Gasteiger charge is 2.48. The summed E-state index contributed by atoms with van der Waals surface area (Å²) in [4.78, 5) is 10.8. The lowest BCUT2D eigenvalue weighted by Crippen LogP contribution is -2.19. The fraction of sp³-hybridized carbons (Fsp3) is 0.542. The van der Waals surface area contributed by atoms with Gasteiger partial charge in [0.15, 0.2) is 0 Å². The molecule has 0 radical (unpaired) electrons. The maximum absolute atomic E-state index is 10.8. The summed E-state index contributed by atoms with van der Waals surface area (Å²) in [6, 6.07) is 6.01. The third-order valence-corrected chi connectivity index (χ3v) is 6.04. The van der Waals surface area contributed by atoms with Gasteiger partial charge in [-0.05, 0) is 31.2 Å². The summed E-state index contributed by atoms with van der Waals surface area (Å²) in [6.45, 7) is 3.75. The van der Waals surface area contributed by atoms with Crippen molar-refractivity contribution in [1.82, 2.24) is 0 Å². The number of aliphatic hydroxyl groups excluding tert-OH is 2. The maximum atomic E-state index is 10.8. The summed E-state index contributed by atoms with van der Waals surface area (Å²) in [6.07, 6.45) is 5.07. The Morgan fingerprint density at radius 3 is 2.93 bits per heavy atom. The van der Waals surface area contributed by atoms with E-state index >= 15 is 0 Å². The predicted molar refractivity (Wildman–Crippen MR) is 111 cm³/mol. The predicted octanol–water partition coefficient (Wildman–Crippen LogP) is 3.29. The van der Waals surface area contributed by atoms with Gasteiger partial charge in [0.2, 0.25) is 0 Å². The minimum absolute atomic E-state index is 0.0287. The fourth-order valence-corrected chi connectivity index (χ4v) is 4.41. The van der Waals surface area contributed by atoms with Crippen LogP contribution in [0, 0.1) is 23.7 Å². The van der Waals surface area contributed by atoms with Crippen molar-refractivity contribution >= 4 is 5.97 Å². The lowest BCUT2D eigenvalue weighted by molar-refractivity contribution is -0.137. The Morgan fingerprint density at radius 2 is 2.21 bits per heavy atom. The molecular formula is C24H30O5. The molecular weight excluding hydrogens is 368 g/mol. The first kappa shape index (κ1) is 21.4. The summed E-state index contributed by atoms with van der Waals surface area (Å²) >= 11 is 0. The lowest BCUT2D eigenvalue weighted by Gasteiger charge is -2.19. The van der Waals surface area contributed by atoms with Gasteiger partial charge < -0.3 is 20.1 Å². The van der Waals surface area contributed by atoms with E-state index < -0.39 is 18.2 Å². The molecule has 2 unspecified atom stereocenters. The first-order valence-electron chi connectivity index (χ1n) is 10.4. The van der Waals surface area contributed by atoms with Crippen LogP contribution < -0.4 is 4.74 Å². The molecule has 156 valence electrons. The number of aliphatic hydroxyl groups is 2. The molecule has 3 rings (SSSR count). The van der Waals surface area contributed by atoms with Crippen molar-refractivity contribution in [1.29, 1.82) is 0 Å². The highest BCUT2D eigenvalue weighted by atomic mass is 16.5. The van der Waals surface area contributed by atoms with Crippen molar-refractivity contribution in [3.05, 3.63) is 41.5 Å². The van der Waals surface area contributed by atoms with E-state index in [-0.39, 0.29) is 30.3 Å². The molecule has 1 aromatic rings. The summed E-state index contributed by atoms with van der Waals surface area (Å²) in [7, 11) is 0. The van der Waals surface area contributed by atoms with Gasteiger partial charge in [-0.25, -0.2) is 0 Å². The SMILES string of the molecule is CC#CCC(C)[C@@H](O)/C=C/[C@@H]1[C@@H]2c3cccc(CCCC(=O)O)c3OC2C[C@@H]1O. The molecule has 1 saturated carbocycles. The van der Waals surface area contributed by atoms with Crippen LogP contribution in [0.25, 0.3) is 0 Å². The van der Waals surface area contributed by atoms with Gasteiger partial charge in [0.1, 0.15) is 11.9 Å². The van der Waals surface area contributed by atoms with Crippen molar-refractivity contribution in [2.24, 2.45) is 11.8 Å². The molecule has 1 heterocycles. The molecule has 0 bridgehead atoms. The molecule has 5 nitrogen and oxygen atoms in total. The van der Waals surface area contributed by atoms with Gasteiger partial charge in [-0.1, -0.05) is 37.3 Å². The van der Waals surface area contributed by atoms with E-state index in [0.29, 0.717) is 25.7 Å². The van der Waals surface area contributed by atoms with Crippen LogP contribution in [0.2, 0.25) is 0 Å². The van der Waals surface area contributed by atoms with Crippen LogP contribution in [-0.4, -0.2) is 39.6 Å². The quantitative estimate of drug-likeness (QED) is 0.462. The normalized spacial score (nSPS) is 26.9. The van der Waals surface area contributed by atoms with E-state index in [1.54, 1.807) is 13.0 Å². The first-order valence-corrected chi connectivity index (χ1v) is 10.4. The van der Waals surface area contributed by atoms with Gasteiger partial charge in [-0.3, -0.25) is 4.79 Å². The van der Waals surface area contributed by atoms with Crippen LogP contribution in [0.3, 0.4) is 0 Å². The second-order valence-corrected chi connectivity index (χ2v) is 8.13. The van der Waals surface area contributed by atoms with Crippen molar-refractivity contribution in [3.63, 3.8) is 0 Å². The van der Waals surface area contributed by atoms with Gasteiger partial charge in [0.05, 0.1) is 12.2 Å². The van der Waals surface area contributed by atoms with Crippen LogP contribution >= 0.6 is 0 Å². The number of carbonyl (C=O) groups is 1. The minimum atomic E-state index is -0.790. The average molecular weight is 398 g/mol. The van der Waals surface area contributed by atoms with Crippen LogP contribution in [0.15, 0.2) is 30.4 Å². The van der Waals surface area contributed by atoms with Crippen molar-refractivity contribution < 1.29 is 24.9 Å². The zero-order valence-corrected chi connectivity index (χ0v) is 17.0. The number of para-hydroxylation sites is 1. The van der Waals surface area contributed by atoms with Crippen LogP contribution in [-0.2, 0) is 11.2 Å². The van der Waals surface area contributed by atoms with Gasteiger partial charge >= 0.3 is 5.97 Å². The Labute approximate surface area is 172 Å². The molecule has 5 heteroatoms. The van der Waals surface area contributed by atoms with Gasteiger partial charge in [0, 0.05) is 36.7 Å². The summed E-state index contributed by atoms with van der Waals surface area (Å²) < 4.78 is 6.21. The Balaban J connectivity index is 1.75. The molecule has 0 saturated heterocycles. The molecule has 0 aromatic heterocycles. The molecule has 1 aliphatic heterocycles. The smallest absolute Gasteiger partial charge is 0.303 e. The number of benzene rings is 1. The van der Waals surface area contributed by atoms with Gasteiger partial charge in [-0.15, -0.1) is 11.8 Å². The number of carboxylic acid groups (broad SMARTS) is 1. The maximum Gasteiger partial charge on any atom is 0.303 e. The second-order valence-electron chi connectivity index (χ2n) is 8.13. The molecule has 2 aliphatic rings. The molecule has 6 atom stereocenters. The fourth-order valence-electron chi connectivity index (χ4n) is 4.41. The number of rotatable bonds is 8. The monoisotopic (exact) mass is 398 g/mol. The van der Waals surface area contributed by atoms with E-state index in [0.717, 1.165) is 16.9 Å². The number of ether oxygens (including phenoxy) is 1. The number of fused-ring (bicyclic) bond motifs is 3. The standard InChI is InChI=1S/C24H30O5/c1-3-4-7-15(2)19(25)13-12-17-20(26)14-21-23(17)18-10-5-8-16(24(18)29-21)9-6-11-22(27)28/h5,8,10,12-13,15,17,19-21,23,25-26H,6-7,9,11,14H2,1-2H3,(H,27,28)/b13-12+/t15?,17-,19-,20-,21?,23+/m0/s1. The summed E-state index contributed by atoms with van der Waals surface area (Å²) in [5.74, 6) is 5.87. The largest absolute Gasteiger partial charge is 0.489 e. The first-order chi connectivity index (χ1) is 13.9. The van der Waals surface area contributed by atoms with Crippen LogP contribution in [0.4, 0.5) is 0 Å². The van der Waals surface area contributed by atoms with E-state index in [1.165, 1.54) is 0 Å². The molecule has 0 amide bonds. The Bertz CT molecular complexity index is 818. The Morgan fingerprint density at radius 1 is 1.41 bits per heavy atom. The van der Waals surface area contributed by atoms with Crippen molar-refractivity contribution in [2.75, 3.05) is 0 Å². The van der Waals surface area contributed by atoms with E-state index in [4.69, 9.17) is 9.84 Å². The van der Waals surface area contributed by atoms with E-state index in [2.05, 4.69) is 11.8 Å². The molecule has 29 heavy (non-hydrogen) atoms. The van der Waals surface area contributed by atoms with Gasteiger partial charge in [0.25, 0.3) is 0 Å². The van der Waals surface area contributed by atoms with Crippen LogP contribution in [0.5, 0.6) is 5.75 Å². The number of hydrogen-bond donors (Lipinski definition) is 3.